The second-order valence-electron chi connectivity index (χ2n) is 4.36. The third-order valence-electron chi connectivity index (χ3n) is 3.31. The predicted octanol–water partition coefficient (Wildman–Crippen LogP) is 2.45. The largest absolute Gasteiger partial charge is 0.459 e. The number of furan rings is 1. The minimum Gasteiger partial charge on any atom is -0.459 e. The van der Waals surface area contributed by atoms with Crippen LogP contribution in [-0.4, -0.2) is 12.5 Å². The maximum absolute atomic E-state index is 11.6. The molecule has 3 nitrogen and oxygen atoms in total. The van der Waals surface area contributed by atoms with Crippen LogP contribution in [0.4, 0.5) is 0 Å². The van der Waals surface area contributed by atoms with Gasteiger partial charge in [0.1, 0.15) is 0 Å². The highest BCUT2D eigenvalue weighted by Gasteiger charge is 2.23. The first-order valence-electron chi connectivity index (χ1n) is 5.59. The standard InChI is InChI=1S/C12H17NO2/c1-9-4-2-5-10(9)8-13-12(14)11-6-3-7-15-11/h3,6-7,9-10H,2,4-5,8H2,1H3,(H,13,14). The van der Waals surface area contributed by atoms with E-state index < -0.39 is 0 Å². The van der Waals surface area contributed by atoms with Crippen LogP contribution in [0.15, 0.2) is 22.8 Å². The minimum absolute atomic E-state index is 0.0981. The molecule has 2 rings (SSSR count). The van der Waals surface area contributed by atoms with Gasteiger partial charge in [-0.05, 0) is 30.4 Å². The fraction of sp³-hybridized carbons (Fsp3) is 0.583. The third-order valence-corrected chi connectivity index (χ3v) is 3.31. The molecule has 2 atom stereocenters. The van der Waals surface area contributed by atoms with E-state index in [1.165, 1.54) is 25.5 Å². The van der Waals surface area contributed by atoms with Gasteiger partial charge in [-0.1, -0.05) is 19.8 Å². The van der Waals surface area contributed by atoms with Crippen molar-refractivity contribution in [2.75, 3.05) is 6.54 Å². The van der Waals surface area contributed by atoms with Crippen LogP contribution >= 0.6 is 0 Å². The Kier molecular flexibility index (Phi) is 3.09. The van der Waals surface area contributed by atoms with Gasteiger partial charge >= 0.3 is 0 Å². The van der Waals surface area contributed by atoms with Crippen molar-refractivity contribution in [1.82, 2.24) is 5.32 Å². The molecule has 1 aliphatic carbocycles. The van der Waals surface area contributed by atoms with E-state index in [-0.39, 0.29) is 5.91 Å². The molecule has 1 aromatic rings. The molecule has 0 saturated heterocycles. The molecule has 2 unspecified atom stereocenters. The fourth-order valence-electron chi connectivity index (χ4n) is 2.24. The maximum atomic E-state index is 11.6. The summed E-state index contributed by atoms with van der Waals surface area (Å²) in [7, 11) is 0. The van der Waals surface area contributed by atoms with Gasteiger partial charge in [-0.25, -0.2) is 0 Å². The van der Waals surface area contributed by atoms with Crippen molar-refractivity contribution in [3.63, 3.8) is 0 Å². The van der Waals surface area contributed by atoms with Gasteiger partial charge in [0.2, 0.25) is 0 Å². The second kappa shape index (κ2) is 4.51. The number of carbonyl (C=O) groups excluding carboxylic acids is 1. The van der Waals surface area contributed by atoms with E-state index in [0.717, 1.165) is 12.5 Å². The normalized spacial score (nSPS) is 25.4. The van der Waals surface area contributed by atoms with E-state index in [9.17, 15) is 4.79 Å². The molecule has 0 aliphatic heterocycles. The van der Waals surface area contributed by atoms with Crippen molar-refractivity contribution in [1.29, 1.82) is 0 Å². The van der Waals surface area contributed by atoms with Gasteiger partial charge in [-0.2, -0.15) is 0 Å². The summed E-state index contributed by atoms with van der Waals surface area (Å²) in [6.07, 6.45) is 5.34. The van der Waals surface area contributed by atoms with Gasteiger partial charge in [-0.15, -0.1) is 0 Å². The lowest BCUT2D eigenvalue weighted by Crippen LogP contribution is -2.29. The Morgan fingerprint density at radius 3 is 3.07 bits per heavy atom. The van der Waals surface area contributed by atoms with Crippen LogP contribution in [0.1, 0.15) is 36.7 Å². The zero-order valence-corrected chi connectivity index (χ0v) is 9.03. The summed E-state index contributed by atoms with van der Waals surface area (Å²) in [5.74, 6) is 1.69. The van der Waals surface area contributed by atoms with Crippen LogP contribution in [0.3, 0.4) is 0 Å². The Morgan fingerprint density at radius 1 is 1.60 bits per heavy atom. The lowest BCUT2D eigenvalue weighted by atomic mass is 9.98. The monoisotopic (exact) mass is 207 g/mol. The predicted molar refractivity (Wildman–Crippen MR) is 57.5 cm³/mol. The summed E-state index contributed by atoms with van der Waals surface area (Å²) in [5, 5.41) is 2.92. The SMILES string of the molecule is CC1CCCC1CNC(=O)c1ccco1. The second-order valence-corrected chi connectivity index (χ2v) is 4.36. The summed E-state index contributed by atoms with van der Waals surface area (Å²) >= 11 is 0. The van der Waals surface area contributed by atoms with Gasteiger partial charge in [-0.3, -0.25) is 4.79 Å². The molecule has 1 aromatic heterocycles. The Balaban J connectivity index is 1.81. The lowest BCUT2D eigenvalue weighted by molar-refractivity contribution is 0.0917. The van der Waals surface area contributed by atoms with Crippen molar-refractivity contribution in [2.45, 2.75) is 26.2 Å². The molecule has 0 radical (unpaired) electrons. The molecule has 1 N–H and O–H groups in total. The molecule has 3 heteroatoms. The maximum Gasteiger partial charge on any atom is 0.286 e. The van der Waals surface area contributed by atoms with Crippen LogP contribution in [0.25, 0.3) is 0 Å². The van der Waals surface area contributed by atoms with Crippen molar-refractivity contribution >= 4 is 5.91 Å². The van der Waals surface area contributed by atoms with Crippen molar-refractivity contribution in [3.05, 3.63) is 24.2 Å². The van der Waals surface area contributed by atoms with Crippen molar-refractivity contribution in [2.24, 2.45) is 11.8 Å². The topological polar surface area (TPSA) is 42.2 Å². The zero-order valence-electron chi connectivity index (χ0n) is 9.03. The highest BCUT2D eigenvalue weighted by molar-refractivity contribution is 5.91. The van der Waals surface area contributed by atoms with Gasteiger partial charge in [0, 0.05) is 6.54 Å². The Morgan fingerprint density at radius 2 is 2.47 bits per heavy atom. The molecule has 1 amide bonds. The van der Waals surface area contributed by atoms with Crippen molar-refractivity contribution < 1.29 is 9.21 Å². The quantitative estimate of drug-likeness (QED) is 0.827. The van der Waals surface area contributed by atoms with Crippen LogP contribution in [0.5, 0.6) is 0 Å². The van der Waals surface area contributed by atoms with E-state index in [1.807, 2.05) is 0 Å². The van der Waals surface area contributed by atoms with Gasteiger partial charge in [0.15, 0.2) is 5.76 Å². The highest BCUT2D eigenvalue weighted by Crippen LogP contribution is 2.30. The molecular weight excluding hydrogens is 190 g/mol. The molecule has 15 heavy (non-hydrogen) atoms. The van der Waals surface area contributed by atoms with Gasteiger partial charge in [0.05, 0.1) is 6.26 Å². The van der Waals surface area contributed by atoms with E-state index >= 15 is 0 Å². The first-order chi connectivity index (χ1) is 7.27. The summed E-state index contributed by atoms with van der Waals surface area (Å²) in [6, 6.07) is 3.42. The number of hydrogen-bond acceptors (Lipinski definition) is 2. The number of carbonyl (C=O) groups is 1. The highest BCUT2D eigenvalue weighted by atomic mass is 16.3. The Bertz CT molecular complexity index is 318. The average Bonchev–Trinajstić information content (AvgIpc) is 2.85. The summed E-state index contributed by atoms with van der Waals surface area (Å²) in [4.78, 5) is 11.6. The van der Waals surface area contributed by atoms with Gasteiger partial charge < -0.3 is 9.73 Å². The molecule has 0 aromatic carbocycles. The van der Waals surface area contributed by atoms with E-state index in [4.69, 9.17) is 4.42 Å². The smallest absolute Gasteiger partial charge is 0.286 e. The summed E-state index contributed by atoms with van der Waals surface area (Å²) in [5.41, 5.74) is 0. The van der Waals surface area contributed by atoms with E-state index in [0.29, 0.717) is 11.7 Å². The molecule has 0 spiro atoms. The van der Waals surface area contributed by atoms with Crippen molar-refractivity contribution in [3.8, 4) is 0 Å². The first-order valence-corrected chi connectivity index (χ1v) is 5.59. The molecule has 1 fully saturated rings. The first kappa shape index (κ1) is 10.3. The number of nitrogens with one attached hydrogen (secondary N) is 1. The summed E-state index contributed by atoms with van der Waals surface area (Å²) in [6.45, 7) is 3.04. The third kappa shape index (κ3) is 2.41. The van der Waals surface area contributed by atoms with E-state index in [2.05, 4.69) is 12.2 Å². The number of rotatable bonds is 3. The molecule has 0 bridgehead atoms. The molecule has 1 aliphatic rings. The average molecular weight is 207 g/mol. The van der Waals surface area contributed by atoms with Crippen LogP contribution < -0.4 is 5.32 Å². The number of amides is 1. The van der Waals surface area contributed by atoms with E-state index in [1.54, 1.807) is 12.1 Å². The zero-order chi connectivity index (χ0) is 10.7. The molecule has 1 saturated carbocycles. The molecular formula is C12H17NO2. The van der Waals surface area contributed by atoms with Gasteiger partial charge in [0.25, 0.3) is 5.91 Å². The van der Waals surface area contributed by atoms with Crippen LogP contribution in [0.2, 0.25) is 0 Å². The Hall–Kier alpha value is -1.25. The lowest BCUT2D eigenvalue weighted by Gasteiger charge is -2.15. The summed E-state index contributed by atoms with van der Waals surface area (Å²) < 4.78 is 5.03. The number of hydrogen-bond donors (Lipinski definition) is 1. The minimum atomic E-state index is -0.0981. The molecule has 1 heterocycles. The fourth-order valence-corrected chi connectivity index (χ4v) is 2.24. The molecule has 82 valence electrons. The Labute approximate surface area is 89.9 Å². The van der Waals surface area contributed by atoms with Crippen LogP contribution in [0, 0.1) is 11.8 Å². The van der Waals surface area contributed by atoms with Crippen LogP contribution in [-0.2, 0) is 0 Å².